The van der Waals surface area contributed by atoms with Crippen molar-refractivity contribution in [3.05, 3.63) is 23.8 Å². The van der Waals surface area contributed by atoms with Gasteiger partial charge in [0.15, 0.2) is 0 Å². The Bertz CT molecular complexity index is 386. The van der Waals surface area contributed by atoms with E-state index in [1.807, 2.05) is 12.3 Å². The molecule has 1 N–H and O–H groups in total. The Kier molecular flexibility index (Phi) is 5.48. The molecule has 0 spiro atoms. The Labute approximate surface area is 118 Å². The van der Waals surface area contributed by atoms with Crippen LogP contribution in [0.15, 0.2) is 12.3 Å². The Morgan fingerprint density at radius 3 is 2.37 bits per heavy atom. The van der Waals surface area contributed by atoms with Gasteiger partial charge in [0, 0.05) is 23.9 Å². The molecular weight excluding hydrogens is 234 g/mol. The van der Waals surface area contributed by atoms with Crippen LogP contribution >= 0.6 is 0 Å². The summed E-state index contributed by atoms with van der Waals surface area (Å²) in [5.41, 5.74) is 1.62. The highest BCUT2D eigenvalue weighted by atomic mass is 14.9. The summed E-state index contributed by atoms with van der Waals surface area (Å²) in [5.74, 6) is 0.970. The molecule has 0 unspecified atom stereocenters. The molecule has 0 radical (unpaired) electrons. The first kappa shape index (κ1) is 16.1. The van der Waals surface area contributed by atoms with E-state index in [4.69, 9.17) is 0 Å². The van der Waals surface area contributed by atoms with Crippen molar-refractivity contribution in [2.75, 3.05) is 6.54 Å². The number of aromatic nitrogens is 2. The van der Waals surface area contributed by atoms with Crippen molar-refractivity contribution < 1.29 is 0 Å². The second kappa shape index (κ2) is 6.47. The lowest BCUT2D eigenvalue weighted by molar-refractivity contribution is 0.404. The topological polar surface area (TPSA) is 37.8 Å². The van der Waals surface area contributed by atoms with E-state index in [-0.39, 0.29) is 11.0 Å². The smallest absolute Gasteiger partial charge is 0.128 e. The summed E-state index contributed by atoms with van der Waals surface area (Å²) in [6.07, 6.45) is 4.92. The highest BCUT2D eigenvalue weighted by molar-refractivity contribution is 5.04. The molecule has 0 amide bonds. The van der Waals surface area contributed by atoms with Gasteiger partial charge in [0.2, 0.25) is 0 Å². The van der Waals surface area contributed by atoms with E-state index in [1.54, 1.807) is 0 Å². The average molecular weight is 263 g/mol. The molecule has 0 bridgehead atoms. The molecule has 0 aliphatic rings. The predicted molar refractivity (Wildman–Crippen MR) is 81.3 cm³/mol. The van der Waals surface area contributed by atoms with Crippen molar-refractivity contribution >= 4 is 0 Å². The largest absolute Gasteiger partial charge is 0.312 e. The van der Waals surface area contributed by atoms with Gasteiger partial charge in [-0.15, -0.1) is 0 Å². The van der Waals surface area contributed by atoms with Gasteiger partial charge in [0.1, 0.15) is 5.82 Å². The molecule has 0 aliphatic heterocycles. The van der Waals surface area contributed by atoms with Crippen LogP contribution in [-0.4, -0.2) is 22.1 Å². The Hall–Kier alpha value is -0.960. The molecule has 1 heterocycles. The van der Waals surface area contributed by atoms with Crippen LogP contribution in [0.5, 0.6) is 0 Å². The summed E-state index contributed by atoms with van der Waals surface area (Å²) in [7, 11) is 0. The second-order valence-electron chi connectivity index (χ2n) is 7.48. The monoisotopic (exact) mass is 263 g/mol. The van der Waals surface area contributed by atoms with Crippen LogP contribution in [0.2, 0.25) is 0 Å². The number of hydrogen-bond acceptors (Lipinski definition) is 3. The van der Waals surface area contributed by atoms with E-state index in [0.717, 1.165) is 37.3 Å². The van der Waals surface area contributed by atoms with Crippen LogP contribution < -0.4 is 5.32 Å². The molecule has 0 aromatic carbocycles. The van der Waals surface area contributed by atoms with Crippen LogP contribution in [0, 0.1) is 5.41 Å². The average Bonchev–Trinajstić information content (AvgIpc) is 2.21. The first-order valence-corrected chi connectivity index (χ1v) is 7.22. The molecule has 3 nitrogen and oxygen atoms in total. The molecule has 1 aromatic rings. The summed E-state index contributed by atoms with van der Waals surface area (Å²) in [6.45, 7) is 14.3. The van der Waals surface area contributed by atoms with Crippen molar-refractivity contribution in [2.45, 2.75) is 66.3 Å². The zero-order valence-corrected chi connectivity index (χ0v) is 13.4. The van der Waals surface area contributed by atoms with E-state index in [2.05, 4.69) is 56.8 Å². The van der Waals surface area contributed by atoms with Gasteiger partial charge in [-0.3, -0.25) is 0 Å². The minimum absolute atomic E-state index is 0.189. The number of aryl methyl sites for hydroxylation is 1. The van der Waals surface area contributed by atoms with Crippen LogP contribution in [0.1, 0.15) is 59.5 Å². The standard InChI is InChI=1S/C16H29N3/c1-15(2,3)12-13-9-11-17-14(19-13)8-7-10-18-16(4,5)6/h9,11,18H,7-8,10,12H2,1-6H3. The quantitative estimate of drug-likeness (QED) is 0.828. The third kappa shape index (κ3) is 7.93. The van der Waals surface area contributed by atoms with Gasteiger partial charge in [0.25, 0.3) is 0 Å². The van der Waals surface area contributed by atoms with E-state index in [1.165, 1.54) is 0 Å². The van der Waals surface area contributed by atoms with Crippen LogP contribution in [-0.2, 0) is 12.8 Å². The Balaban J connectivity index is 2.44. The van der Waals surface area contributed by atoms with Crippen molar-refractivity contribution in [1.29, 1.82) is 0 Å². The van der Waals surface area contributed by atoms with Gasteiger partial charge < -0.3 is 5.32 Å². The highest BCUT2D eigenvalue weighted by Crippen LogP contribution is 2.19. The minimum atomic E-state index is 0.189. The molecule has 1 rings (SSSR count). The van der Waals surface area contributed by atoms with Crippen molar-refractivity contribution in [3.8, 4) is 0 Å². The van der Waals surface area contributed by atoms with E-state index in [9.17, 15) is 0 Å². The van der Waals surface area contributed by atoms with Gasteiger partial charge in [-0.05, 0) is 51.6 Å². The summed E-state index contributed by atoms with van der Waals surface area (Å²) in [4.78, 5) is 9.02. The SMILES string of the molecule is CC(C)(C)Cc1ccnc(CCCNC(C)(C)C)n1. The molecule has 108 valence electrons. The predicted octanol–water partition coefficient (Wildman–Crippen LogP) is 3.39. The van der Waals surface area contributed by atoms with E-state index >= 15 is 0 Å². The number of nitrogens with one attached hydrogen (secondary N) is 1. The lowest BCUT2D eigenvalue weighted by Crippen LogP contribution is -2.36. The van der Waals surface area contributed by atoms with Crippen LogP contribution in [0.3, 0.4) is 0 Å². The zero-order valence-electron chi connectivity index (χ0n) is 13.4. The lowest BCUT2D eigenvalue weighted by atomic mass is 9.90. The van der Waals surface area contributed by atoms with Crippen molar-refractivity contribution in [3.63, 3.8) is 0 Å². The maximum atomic E-state index is 4.65. The summed E-state index contributed by atoms with van der Waals surface area (Å²) < 4.78 is 0. The fourth-order valence-electron chi connectivity index (χ4n) is 1.91. The zero-order chi connectivity index (χ0) is 14.5. The first-order chi connectivity index (χ1) is 8.66. The fourth-order valence-corrected chi connectivity index (χ4v) is 1.91. The van der Waals surface area contributed by atoms with E-state index in [0.29, 0.717) is 0 Å². The van der Waals surface area contributed by atoms with E-state index < -0.39 is 0 Å². The Morgan fingerprint density at radius 2 is 1.79 bits per heavy atom. The fraction of sp³-hybridized carbons (Fsp3) is 0.750. The maximum Gasteiger partial charge on any atom is 0.128 e. The molecule has 19 heavy (non-hydrogen) atoms. The molecule has 0 fully saturated rings. The molecule has 0 atom stereocenters. The van der Waals surface area contributed by atoms with Crippen LogP contribution in [0.25, 0.3) is 0 Å². The number of hydrogen-bond donors (Lipinski definition) is 1. The number of rotatable bonds is 5. The van der Waals surface area contributed by atoms with Crippen molar-refractivity contribution in [2.24, 2.45) is 5.41 Å². The molecule has 0 saturated heterocycles. The Morgan fingerprint density at radius 1 is 1.11 bits per heavy atom. The van der Waals surface area contributed by atoms with Gasteiger partial charge in [-0.2, -0.15) is 0 Å². The van der Waals surface area contributed by atoms with Gasteiger partial charge in [-0.1, -0.05) is 20.8 Å². The van der Waals surface area contributed by atoms with Crippen molar-refractivity contribution in [1.82, 2.24) is 15.3 Å². The second-order valence-corrected chi connectivity index (χ2v) is 7.48. The normalized spacial score (nSPS) is 12.7. The summed E-state index contributed by atoms with van der Waals surface area (Å²) >= 11 is 0. The van der Waals surface area contributed by atoms with Crippen LogP contribution in [0.4, 0.5) is 0 Å². The molecule has 0 saturated carbocycles. The molecule has 1 aromatic heterocycles. The molecule has 3 heteroatoms. The third-order valence-electron chi connectivity index (χ3n) is 2.71. The van der Waals surface area contributed by atoms with Gasteiger partial charge >= 0.3 is 0 Å². The van der Waals surface area contributed by atoms with Gasteiger partial charge in [0.05, 0.1) is 0 Å². The maximum absolute atomic E-state index is 4.65. The summed E-state index contributed by atoms with van der Waals surface area (Å²) in [5, 5.41) is 3.49. The third-order valence-corrected chi connectivity index (χ3v) is 2.71. The molecule has 0 aliphatic carbocycles. The highest BCUT2D eigenvalue weighted by Gasteiger charge is 2.13. The molecular formula is C16H29N3. The van der Waals surface area contributed by atoms with Gasteiger partial charge in [-0.25, -0.2) is 9.97 Å². The number of nitrogens with zero attached hydrogens (tertiary/aromatic N) is 2. The first-order valence-electron chi connectivity index (χ1n) is 7.22. The minimum Gasteiger partial charge on any atom is -0.312 e. The summed E-state index contributed by atoms with van der Waals surface area (Å²) in [6, 6.07) is 2.03. The lowest BCUT2D eigenvalue weighted by Gasteiger charge is -2.20.